The molecule has 1 N–H and O–H groups in total. The number of pyridine rings is 1. The van der Waals surface area contributed by atoms with Crippen molar-refractivity contribution < 1.29 is 9.53 Å². The first-order valence-electron chi connectivity index (χ1n) is 6.72. The van der Waals surface area contributed by atoms with Crippen molar-refractivity contribution in [3.05, 3.63) is 44.2 Å². The highest BCUT2D eigenvalue weighted by Gasteiger charge is 2.13. The molecule has 0 spiro atoms. The Morgan fingerprint density at radius 3 is 2.61 bits per heavy atom. The van der Waals surface area contributed by atoms with Crippen molar-refractivity contribution in [1.29, 1.82) is 0 Å². The number of rotatable bonds is 5. The SMILES string of the molecule is Br.CN(C)CCCOC(=O)c1cc(=O)c2c(Cl)cc(Cl)cc2[nH]1. The molecule has 0 amide bonds. The van der Waals surface area contributed by atoms with Crippen LogP contribution in [0.4, 0.5) is 0 Å². The first-order chi connectivity index (χ1) is 10.4. The van der Waals surface area contributed by atoms with E-state index in [1.165, 1.54) is 12.1 Å². The largest absolute Gasteiger partial charge is 0.461 e. The summed E-state index contributed by atoms with van der Waals surface area (Å²) in [4.78, 5) is 28.9. The van der Waals surface area contributed by atoms with Crippen LogP contribution in [0.3, 0.4) is 0 Å². The summed E-state index contributed by atoms with van der Waals surface area (Å²) in [6.07, 6.45) is 0.716. The minimum absolute atomic E-state index is 0. The fourth-order valence-corrected chi connectivity index (χ4v) is 2.63. The quantitative estimate of drug-likeness (QED) is 0.590. The second-order valence-electron chi connectivity index (χ2n) is 5.15. The molecule has 126 valence electrons. The zero-order valence-corrected chi connectivity index (χ0v) is 15.9. The number of nitrogens with one attached hydrogen (secondary N) is 1. The van der Waals surface area contributed by atoms with E-state index in [-0.39, 0.29) is 39.7 Å². The minimum atomic E-state index is -0.575. The zero-order valence-electron chi connectivity index (χ0n) is 12.7. The summed E-state index contributed by atoms with van der Waals surface area (Å²) in [5.74, 6) is -0.575. The van der Waals surface area contributed by atoms with E-state index in [1.54, 1.807) is 6.07 Å². The molecule has 0 atom stereocenters. The van der Waals surface area contributed by atoms with Gasteiger partial charge in [0.15, 0.2) is 5.43 Å². The average Bonchev–Trinajstić information content (AvgIpc) is 2.41. The average molecular weight is 424 g/mol. The number of nitrogens with zero attached hydrogens (tertiary/aromatic N) is 1. The monoisotopic (exact) mass is 422 g/mol. The van der Waals surface area contributed by atoms with E-state index in [4.69, 9.17) is 27.9 Å². The molecule has 0 aliphatic carbocycles. The van der Waals surface area contributed by atoms with Gasteiger partial charge in [-0.1, -0.05) is 23.2 Å². The van der Waals surface area contributed by atoms with Gasteiger partial charge in [0.1, 0.15) is 5.69 Å². The first kappa shape index (κ1) is 20.0. The van der Waals surface area contributed by atoms with Crippen LogP contribution in [0.2, 0.25) is 10.0 Å². The number of H-pyrrole nitrogens is 1. The van der Waals surface area contributed by atoms with Crippen molar-refractivity contribution in [2.24, 2.45) is 0 Å². The maximum absolute atomic E-state index is 12.1. The number of ether oxygens (including phenoxy) is 1. The number of esters is 1. The number of aromatic amines is 1. The van der Waals surface area contributed by atoms with Gasteiger partial charge in [-0.05, 0) is 32.6 Å². The molecule has 2 aromatic rings. The summed E-state index contributed by atoms with van der Waals surface area (Å²) in [6.45, 7) is 1.10. The fourth-order valence-electron chi connectivity index (χ4n) is 2.04. The predicted octanol–water partition coefficient (Wildman–Crippen LogP) is 3.52. The number of carbonyl (C=O) groups excluding carboxylic acids is 1. The highest BCUT2D eigenvalue weighted by Crippen LogP contribution is 2.24. The van der Waals surface area contributed by atoms with Crippen molar-refractivity contribution >= 4 is 57.1 Å². The van der Waals surface area contributed by atoms with Gasteiger partial charge in [0.05, 0.1) is 22.5 Å². The van der Waals surface area contributed by atoms with Gasteiger partial charge in [0.25, 0.3) is 0 Å². The van der Waals surface area contributed by atoms with Gasteiger partial charge in [-0.15, -0.1) is 17.0 Å². The standard InChI is InChI=1S/C15H16Cl2N2O3.BrH/c1-19(2)4-3-5-22-15(21)12-8-13(20)14-10(17)6-9(16)7-11(14)18-12;/h6-8H,3-5H2,1-2H3,(H,18,20);1H. The normalized spacial score (nSPS) is 10.7. The van der Waals surface area contributed by atoms with E-state index in [0.29, 0.717) is 22.3 Å². The molecule has 1 aromatic carbocycles. The lowest BCUT2D eigenvalue weighted by atomic mass is 10.2. The summed E-state index contributed by atoms with van der Waals surface area (Å²) in [5, 5.41) is 0.925. The smallest absolute Gasteiger partial charge is 0.354 e. The molecule has 8 heteroatoms. The molecule has 0 aliphatic heterocycles. The van der Waals surface area contributed by atoms with E-state index >= 15 is 0 Å². The Balaban J connectivity index is 0.00000264. The Hall–Kier alpha value is -1.08. The van der Waals surface area contributed by atoms with Crippen LogP contribution in [0, 0.1) is 0 Å². The van der Waals surface area contributed by atoms with E-state index in [2.05, 4.69) is 4.98 Å². The number of carbonyl (C=O) groups is 1. The third-order valence-electron chi connectivity index (χ3n) is 3.05. The van der Waals surface area contributed by atoms with Gasteiger partial charge in [-0.2, -0.15) is 0 Å². The summed E-state index contributed by atoms with van der Waals surface area (Å²) in [6, 6.07) is 4.23. The van der Waals surface area contributed by atoms with Crippen LogP contribution in [0.25, 0.3) is 10.9 Å². The van der Waals surface area contributed by atoms with Crippen LogP contribution in [-0.4, -0.2) is 43.1 Å². The zero-order chi connectivity index (χ0) is 16.3. The van der Waals surface area contributed by atoms with Crippen LogP contribution in [-0.2, 0) is 4.74 Å². The summed E-state index contributed by atoms with van der Waals surface area (Å²) in [7, 11) is 3.88. The van der Waals surface area contributed by atoms with Crippen molar-refractivity contribution in [1.82, 2.24) is 9.88 Å². The van der Waals surface area contributed by atoms with E-state index in [0.717, 1.165) is 6.54 Å². The topological polar surface area (TPSA) is 62.4 Å². The van der Waals surface area contributed by atoms with Crippen molar-refractivity contribution in [3.63, 3.8) is 0 Å². The van der Waals surface area contributed by atoms with E-state index < -0.39 is 5.97 Å². The highest BCUT2D eigenvalue weighted by molar-refractivity contribution is 8.93. The van der Waals surface area contributed by atoms with Gasteiger partial charge in [-0.3, -0.25) is 4.79 Å². The maximum atomic E-state index is 12.1. The lowest BCUT2D eigenvalue weighted by Gasteiger charge is -2.10. The lowest BCUT2D eigenvalue weighted by Crippen LogP contribution is -2.17. The molecule has 0 unspecified atom stereocenters. The second kappa shape index (κ2) is 8.68. The number of fused-ring (bicyclic) bond motifs is 1. The van der Waals surface area contributed by atoms with Crippen LogP contribution in [0.5, 0.6) is 0 Å². The maximum Gasteiger partial charge on any atom is 0.354 e. The molecule has 0 fully saturated rings. The van der Waals surface area contributed by atoms with Gasteiger partial charge >= 0.3 is 5.97 Å². The Kier molecular flexibility index (Phi) is 7.54. The Morgan fingerprint density at radius 1 is 1.26 bits per heavy atom. The number of hydrogen-bond acceptors (Lipinski definition) is 4. The van der Waals surface area contributed by atoms with Crippen molar-refractivity contribution in [2.75, 3.05) is 27.2 Å². The number of halogens is 3. The first-order valence-corrected chi connectivity index (χ1v) is 7.48. The molecule has 0 saturated carbocycles. The molecule has 1 heterocycles. The molecule has 0 aliphatic rings. The van der Waals surface area contributed by atoms with Gasteiger partial charge in [-0.25, -0.2) is 4.79 Å². The third-order valence-corrected chi connectivity index (χ3v) is 3.57. The molecule has 23 heavy (non-hydrogen) atoms. The predicted molar refractivity (Wildman–Crippen MR) is 98.4 cm³/mol. The van der Waals surface area contributed by atoms with Crippen molar-refractivity contribution in [3.8, 4) is 0 Å². The molecule has 0 saturated heterocycles. The lowest BCUT2D eigenvalue weighted by molar-refractivity contribution is 0.0486. The molecule has 0 radical (unpaired) electrons. The molecule has 1 aromatic heterocycles. The van der Waals surface area contributed by atoms with Gasteiger partial charge in [0, 0.05) is 17.6 Å². The minimum Gasteiger partial charge on any atom is -0.461 e. The second-order valence-corrected chi connectivity index (χ2v) is 5.99. The van der Waals surface area contributed by atoms with Crippen LogP contribution in [0.15, 0.2) is 23.0 Å². The number of hydrogen-bond donors (Lipinski definition) is 1. The van der Waals surface area contributed by atoms with Gasteiger partial charge < -0.3 is 14.6 Å². The number of aromatic nitrogens is 1. The van der Waals surface area contributed by atoms with Crippen LogP contribution < -0.4 is 5.43 Å². The summed E-state index contributed by atoms with van der Waals surface area (Å²) < 4.78 is 5.14. The Morgan fingerprint density at radius 2 is 1.96 bits per heavy atom. The number of benzene rings is 1. The van der Waals surface area contributed by atoms with Crippen LogP contribution >= 0.6 is 40.2 Å². The van der Waals surface area contributed by atoms with Crippen LogP contribution in [0.1, 0.15) is 16.9 Å². The Bertz CT molecular complexity index is 762. The van der Waals surface area contributed by atoms with E-state index in [1.807, 2.05) is 19.0 Å². The summed E-state index contributed by atoms with van der Waals surface area (Å²) >= 11 is 11.9. The van der Waals surface area contributed by atoms with E-state index in [9.17, 15) is 9.59 Å². The molecule has 2 rings (SSSR count). The molecule has 0 bridgehead atoms. The highest BCUT2D eigenvalue weighted by atomic mass is 79.9. The Labute approximate surface area is 154 Å². The summed E-state index contributed by atoms with van der Waals surface area (Å²) in [5.41, 5.74) is 0.140. The van der Waals surface area contributed by atoms with Crippen molar-refractivity contribution in [2.45, 2.75) is 6.42 Å². The molecular formula is C15H17BrCl2N2O3. The third kappa shape index (κ3) is 5.21. The fraction of sp³-hybridized carbons (Fsp3) is 0.333. The molecule has 5 nitrogen and oxygen atoms in total. The van der Waals surface area contributed by atoms with Gasteiger partial charge in [0.2, 0.25) is 0 Å². The molecular weight excluding hydrogens is 407 g/mol.